The Bertz CT molecular complexity index is 195. The average Bonchev–Trinajstić information content (AvgIpc) is 3.14. The Morgan fingerprint density at radius 3 is 2.00 bits per heavy atom. The molecule has 1 fully saturated rings. The molecule has 1 heterocycles. The lowest BCUT2D eigenvalue weighted by molar-refractivity contribution is 0.235. The van der Waals surface area contributed by atoms with E-state index in [0.29, 0.717) is 6.10 Å². The van der Waals surface area contributed by atoms with Crippen LogP contribution in [-0.4, -0.2) is 37.7 Å². The number of ether oxygens (including phenoxy) is 1. The van der Waals surface area contributed by atoms with Crippen molar-refractivity contribution in [1.82, 2.24) is 4.90 Å². The van der Waals surface area contributed by atoms with Gasteiger partial charge in [-0.1, -0.05) is 58.3 Å². The van der Waals surface area contributed by atoms with Crippen LogP contribution in [0.2, 0.25) is 0 Å². The Balaban J connectivity index is 0.00000324. The second kappa shape index (κ2) is 12.0. The molecule has 116 valence electrons. The lowest BCUT2D eigenvalue weighted by Gasteiger charge is -2.23. The lowest BCUT2D eigenvalue weighted by atomic mass is 10.0. The minimum Gasteiger partial charge on any atom is -0.373 e. The van der Waals surface area contributed by atoms with Gasteiger partial charge < -0.3 is 9.64 Å². The number of hydrogen-bond donors (Lipinski definition) is 0. The molecule has 1 rings (SSSR count). The van der Waals surface area contributed by atoms with Gasteiger partial charge in [-0.15, -0.1) is 12.4 Å². The standard InChI is InChI=1S/C16H33NO.ClH/c1-4-5-6-7-8-9-10-11-12-15(17(2)3)13-16-14-18-16;/h15-16H,4-14H2,1-3H3;1H. The first-order valence-electron chi connectivity index (χ1n) is 8.02. The minimum atomic E-state index is 0. The van der Waals surface area contributed by atoms with Crippen molar-refractivity contribution in [1.29, 1.82) is 0 Å². The summed E-state index contributed by atoms with van der Waals surface area (Å²) in [6.07, 6.45) is 14.5. The molecule has 0 spiro atoms. The van der Waals surface area contributed by atoms with Crippen molar-refractivity contribution in [3.63, 3.8) is 0 Å². The van der Waals surface area contributed by atoms with Crippen molar-refractivity contribution in [3.8, 4) is 0 Å². The van der Waals surface area contributed by atoms with Gasteiger partial charge in [0.1, 0.15) is 0 Å². The lowest BCUT2D eigenvalue weighted by Crippen LogP contribution is -2.29. The summed E-state index contributed by atoms with van der Waals surface area (Å²) in [6, 6.07) is 0.734. The molecule has 19 heavy (non-hydrogen) atoms. The molecule has 2 nitrogen and oxygen atoms in total. The molecule has 0 N–H and O–H groups in total. The smallest absolute Gasteiger partial charge is 0.0824 e. The van der Waals surface area contributed by atoms with E-state index in [-0.39, 0.29) is 12.4 Å². The largest absolute Gasteiger partial charge is 0.373 e. The van der Waals surface area contributed by atoms with Gasteiger partial charge in [0.2, 0.25) is 0 Å². The van der Waals surface area contributed by atoms with E-state index in [4.69, 9.17) is 4.74 Å². The molecule has 0 aliphatic carbocycles. The number of halogens is 1. The zero-order valence-corrected chi connectivity index (χ0v) is 14.0. The monoisotopic (exact) mass is 291 g/mol. The van der Waals surface area contributed by atoms with Crippen molar-refractivity contribution >= 4 is 12.4 Å². The van der Waals surface area contributed by atoms with E-state index in [9.17, 15) is 0 Å². The maximum absolute atomic E-state index is 5.34. The van der Waals surface area contributed by atoms with Crippen LogP contribution in [0.15, 0.2) is 0 Å². The van der Waals surface area contributed by atoms with Gasteiger partial charge in [-0.3, -0.25) is 0 Å². The van der Waals surface area contributed by atoms with Crippen LogP contribution < -0.4 is 0 Å². The number of epoxide rings is 1. The molecule has 1 aliphatic heterocycles. The first-order valence-corrected chi connectivity index (χ1v) is 8.02. The number of nitrogens with zero attached hydrogens (tertiary/aromatic N) is 1. The van der Waals surface area contributed by atoms with E-state index >= 15 is 0 Å². The van der Waals surface area contributed by atoms with Crippen LogP contribution in [0.25, 0.3) is 0 Å². The summed E-state index contributed by atoms with van der Waals surface area (Å²) in [6.45, 7) is 3.28. The van der Waals surface area contributed by atoms with E-state index in [1.54, 1.807) is 0 Å². The van der Waals surface area contributed by atoms with Gasteiger partial charge in [0, 0.05) is 6.04 Å². The maximum Gasteiger partial charge on any atom is 0.0824 e. The SMILES string of the molecule is CCCCCCCCCCC(CC1CO1)N(C)C.Cl. The minimum absolute atomic E-state index is 0. The van der Waals surface area contributed by atoms with Crippen LogP contribution in [0.4, 0.5) is 0 Å². The van der Waals surface area contributed by atoms with Crippen LogP contribution >= 0.6 is 12.4 Å². The van der Waals surface area contributed by atoms with E-state index in [1.807, 2.05) is 0 Å². The Hall–Kier alpha value is 0.210. The van der Waals surface area contributed by atoms with Gasteiger partial charge in [-0.2, -0.15) is 0 Å². The summed E-state index contributed by atoms with van der Waals surface area (Å²) in [5, 5.41) is 0. The molecule has 1 saturated heterocycles. The van der Waals surface area contributed by atoms with Crippen molar-refractivity contribution in [2.24, 2.45) is 0 Å². The fourth-order valence-electron chi connectivity index (χ4n) is 2.61. The van der Waals surface area contributed by atoms with Gasteiger partial charge in [0.05, 0.1) is 12.7 Å². The predicted molar refractivity (Wildman–Crippen MR) is 86.3 cm³/mol. The number of rotatable bonds is 12. The summed E-state index contributed by atoms with van der Waals surface area (Å²) in [5.41, 5.74) is 0. The third-order valence-corrected chi connectivity index (χ3v) is 4.06. The zero-order valence-electron chi connectivity index (χ0n) is 13.2. The van der Waals surface area contributed by atoms with Crippen LogP contribution in [-0.2, 0) is 4.74 Å². The third-order valence-electron chi connectivity index (χ3n) is 4.06. The van der Waals surface area contributed by atoms with E-state index in [0.717, 1.165) is 12.6 Å². The molecule has 2 unspecified atom stereocenters. The van der Waals surface area contributed by atoms with Gasteiger partial charge in [0.15, 0.2) is 0 Å². The molecule has 0 radical (unpaired) electrons. The van der Waals surface area contributed by atoms with Crippen molar-refractivity contribution in [2.75, 3.05) is 20.7 Å². The van der Waals surface area contributed by atoms with E-state index in [2.05, 4.69) is 25.9 Å². The maximum atomic E-state index is 5.34. The second-order valence-electron chi connectivity index (χ2n) is 6.07. The molecule has 2 atom stereocenters. The van der Waals surface area contributed by atoms with Crippen LogP contribution in [0, 0.1) is 0 Å². The Morgan fingerprint density at radius 2 is 1.53 bits per heavy atom. The fourth-order valence-corrected chi connectivity index (χ4v) is 2.61. The Labute approximate surface area is 126 Å². The fraction of sp³-hybridized carbons (Fsp3) is 1.00. The summed E-state index contributed by atoms with van der Waals surface area (Å²) in [7, 11) is 4.41. The van der Waals surface area contributed by atoms with Crippen molar-refractivity contribution in [3.05, 3.63) is 0 Å². The average molecular weight is 292 g/mol. The topological polar surface area (TPSA) is 15.8 Å². The molecular formula is C16H34ClNO. The van der Waals surface area contributed by atoms with Crippen molar-refractivity contribution < 1.29 is 4.74 Å². The van der Waals surface area contributed by atoms with Crippen LogP contribution in [0.5, 0.6) is 0 Å². The molecular weight excluding hydrogens is 258 g/mol. The Kier molecular flexibility index (Phi) is 12.1. The second-order valence-corrected chi connectivity index (χ2v) is 6.07. The number of hydrogen-bond acceptors (Lipinski definition) is 2. The molecule has 0 saturated carbocycles. The Morgan fingerprint density at radius 1 is 1.00 bits per heavy atom. The van der Waals surface area contributed by atoms with Gasteiger partial charge in [0.25, 0.3) is 0 Å². The highest BCUT2D eigenvalue weighted by molar-refractivity contribution is 5.85. The normalized spacial score (nSPS) is 19.3. The number of unbranched alkanes of at least 4 members (excludes halogenated alkanes) is 7. The summed E-state index contributed by atoms with van der Waals surface area (Å²) in [5.74, 6) is 0. The van der Waals surface area contributed by atoms with Crippen LogP contribution in [0.3, 0.4) is 0 Å². The summed E-state index contributed by atoms with van der Waals surface area (Å²) in [4.78, 5) is 2.38. The zero-order chi connectivity index (χ0) is 13.2. The molecule has 3 heteroatoms. The predicted octanol–water partition coefficient (Wildman–Crippen LogP) is 4.66. The first-order chi connectivity index (χ1) is 8.74. The molecule has 0 amide bonds. The first kappa shape index (κ1) is 19.2. The quantitative estimate of drug-likeness (QED) is 0.384. The van der Waals surface area contributed by atoms with Gasteiger partial charge in [-0.05, 0) is 26.9 Å². The van der Waals surface area contributed by atoms with Crippen LogP contribution in [0.1, 0.15) is 71.1 Å². The molecule has 0 bridgehead atoms. The molecule has 0 aromatic carbocycles. The van der Waals surface area contributed by atoms with Gasteiger partial charge in [-0.25, -0.2) is 0 Å². The van der Waals surface area contributed by atoms with Crippen molar-refractivity contribution in [2.45, 2.75) is 83.3 Å². The van der Waals surface area contributed by atoms with E-state index in [1.165, 1.54) is 64.2 Å². The highest BCUT2D eigenvalue weighted by Crippen LogP contribution is 2.21. The highest BCUT2D eigenvalue weighted by atomic mass is 35.5. The molecule has 1 aliphatic rings. The summed E-state index contributed by atoms with van der Waals surface area (Å²) < 4.78 is 5.34. The highest BCUT2D eigenvalue weighted by Gasteiger charge is 2.27. The van der Waals surface area contributed by atoms with E-state index < -0.39 is 0 Å². The summed E-state index contributed by atoms with van der Waals surface area (Å²) >= 11 is 0. The molecule has 0 aromatic heterocycles. The third kappa shape index (κ3) is 10.6. The molecule has 0 aromatic rings. The van der Waals surface area contributed by atoms with Gasteiger partial charge >= 0.3 is 0 Å².